The molecule has 1 heterocycles. The Morgan fingerprint density at radius 2 is 1.88 bits per heavy atom. The molecule has 0 radical (unpaired) electrons. The summed E-state index contributed by atoms with van der Waals surface area (Å²) >= 11 is 0. The van der Waals surface area contributed by atoms with Crippen LogP contribution in [0.15, 0.2) is 0 Å². The Balaban J connectivity index is 2.81. The molecule has 8 heteroatoms. The molecule has 8 nitrogen and oxygen atoms in total. The van der Waals surface area contributed by atoms with Crippen LogP contribution in [0.5, 0.6) is 6.01 Å². The minimum absolute atomic E-state index is 0.0485. The maximum atomic E-state index is 9.15. The molecule has 5 N–H and O–H groups in total. The van der Waals surface area contributed by atoms with E-state index in [0.29, 0.717) is 12.5 Å². The summed E-state index contributed by atoms with van der Waals surface area (Å²) in [4.78, 5) is 11.9. The van der Waals surface area contributed by atoms with E-state index in [9.17, 15) is 0 Å². The van der Waals surface area contributed by atoms with Gasteiger partial charge in [-0.1, -0.05) is 0 Å². The second-order valence-electron chi connectivity index (χ2n) is 3.81. The van der Waals surface area contributed by atoms with Gasteiger partial charge in [0.2, 0.25) is 11.9 Å². The second kappa shape index (κ2) is 6.16. The average molecular weight is 242 g/mol. The third-order valence-electron chi connectivity index (χ3n) is 1.64. The maximum absolute atomic E-state index is 9.15. The van der Waals surface area contributed by atoms with Crippen molar-refractivity contribution in [3.8, 4) is 6.01 Å². The number of nitrogen functional groups attached to an aromatic ring is 1. The van der Waals surface area contributed by atoms with Gasteiger partial charge in [-0.3, -0.25) is 5.43 Å². The molecule has 1 rings (SSSR count). The number of aliphatic hydroxyl groups excluding tert-OH is 1. The van der Waals surface area contributed by atoms with Gasteiger partial charge in [0.25, 0.3) is 0 Å². The van der Waals surface area contributed by atoms with E-state index in [2.05, 4.69) is 25.7 Å². The quantitative estimate of drug-likeness (QED) is 0.398. The van der Waals surface area contributed by atoms with E-state index in [-0.39, 0.29) is 18.1 Å². The first kappa shape index (κ1) is 13.4. The minimum atomic E-state index is -0.504. The second-order valence-corrected chi connectivity index (χ2v) is 3.81. The molecule has 0 aromatic carbocycles. The van der Waals surface area contributed by atoms with Crippen molar-refractivity contribution >= 4 is 11.9 Å². The number of anilines is 2. The number of nitrogens with zero attached hydrogens (tertiary/aromatic N) is 3. The Bertz CT molecular complexity index is 357. The molecule has 0 saturated carbocycles. The Labute approximate surface area is 99.6 Å². The van der Waals surface area contributed by atoms with Gasteiger partial charge >= 0.3 is 6.01 Å². The van der Waals surface area contributed by atoms with Crippen LogP contribution in [0, 0.1) is 0 Å². The number of hydrogen-bond donors (Lipinski definition) is 4. The molecule has 0 amide bonds. The molecule has 1 atom stereocenters. The van der Waals surface area contributed by atoms with Crippen LogP contribution in [-0.2, 0) is 0 Å². The van der Waals surface area contributed by atoms with Crippen LogP contribution in [0.4, 0.5) is 11.9 Å². The van der Waals surface area contributed by atoms with Gasteiger partial charge in [-0.25, -0.2) is 5.84 Å². The molecule has 0 saturated heterocycles. The standard InChI is InChI=1S/C9H18N6O2/c1-5(2)17-9-13-7(11-4-6(3)16)12-8(14-9)15-10/h5-6,16H,4,10H2,1-3H3,(H2,11,12,13,14,15). The summed E-state index contributed by atoms with van der Waals surface area (Å²) in [5.41, 5.74) is 2.32. The maximum Gasteiger partial charge on any atom is 0.323 e. The molecule has 0 aliphatic carbocycles. The molecule has 0 spiro atoms. The van der Waals surface area contributed by atoms with Crippen molar-refractivity contribution in [2.45, 2.75) is 33.0 Å². The first-order chi connectivity index (χ1) is 8.01. The first-order valence-electron chi connectivity index (χ1n) is 5.32. The van der Waals surface area contributed by atoms with Crippen molar-refractivity contribution in [3.05, 3.63) is 0 Å². The van der Waals surface area contributed by atoms with Crippen LogP contribution < -0.4 is 21.3 Å². The zero-order chi connectivity index (χ0) is 12.8. The van der Waals surface area contributed by atoms with Crippen molar-refractivity contribution < 1.29 is 9.84 Å². The van der Waals surface area contributed by atoms with Crippen LogP contribution in [-0.4, -0.2) is 38.8 Å². The van der Waals surface area contributed by atoms with Gasteiger partial charge in [0.15, 0.2) is 0 Å². The molecule has 1 aromatic rings. The van der Waals surface area contributed by atoms with Crippen molar-refractivity contribution in [2.24, 2.45) is 5.84 Å². The normalized spacial score (nSPS) is 12.4. The number of rotatable bonds is 6. The predicted octanol–water partition coefficient (Wildman–Crippen LogP) is -0.263. The van der Waals surface area contributed by atoms with Crippen LogP contribution in [0.2, 0.25) is 0 Å². The monoisotopic (exact) mass is 242 g/mol. The van der Waals surface area contributed by atoms with E-state index in [1.165, 1.54) is 0 Å². The number of hydrazine groups is 1. The molecular formula is C9H18N6O2. The summed E-state index contributed by atoms with van der Waals surface area (Å²) in [5.74, 6) is 5.73. The Hall–Kier alpha value is -1.67. The highest BCUT2D eigenvalue weighted by Gasteiger charge is 2.08. The summed E-state index contributed by atoms with van der Waals surface area (Å²) in [6.07, 6.45) is -0.553. The molecule has 96 valence electrons. The fourth-order valence-electron chi connectivity index (χ4n) is 1.00. The largest absolute Gasteiger partial charge is 0.461 e. The van der Waals surface area contributed by atoms with E-state index in [1.807, 2.05) is 13.8 Å². The smallest absolute Gasteiger partial charge is 0.323 e. The van der Waals surface area contributed by atoms with Gasteiger partial charge < -0.3 is 15.2 Å². The zero-order valence-corrected chi connectivity index (χ0v) is 10.1. The third-order valence-corrected chi connectivity index (χ3v) is 1.64. The van der Waals surface area contributed by atoms with E-state index in [4.69, 9.17) is 15.7 Å². The summed E-state index contributed by atoms with van der Waals surface area (Å²) in [5, 5.41) is 12.0. The lowest BCUT2D eigenvalue weighted by molar-refractivity contribution is 0.207. The Morgan fingerprint density at radius 3 is 2.41 bits per heavy atom. The molecule has 17 heavy (non-hydrogen) atoms. The molecule has 0 aliphatic heterocycles. The number of nitrogens with two attached hydrogens (primary N) is 1. The summed E-state index contributed by atoms with van der Waals surface area (Å²) in [7, 11) is 0. The number of aromatic nitrogens is 3. The van der Waals surface area contributed by atoms with Gasteiger partial charge in [0, 0.05) is 6.54 Å². The van der Waals surface area contributed by atoms with Crippen LogP contribution in [0.3, 0.4) is 0 Å². The lowest BCUT2D eigenvalue weighted by atomic mass is 10.4. The number of ether oxygens (including phenoxy) is 1. The fraction of sp³-hybridized carbons (Fsp3) is 0.667. The highest BCUT2D eigenvalue weighted by Crippen LogP contribution is 2.11. The Kier molecular flexibility index (Phi) is 4.85. The Morgan fingerprint density at radius 1 is 1.24 bits per heavy atom. The van der Waals surface area contributed by atoms with Crippen LogP contribution >= 0.6 is 0 Å². The van der Waals surface area contributed by atoms with Crippen molar-refractivity contribution in [3.63, 3.8) is 0 Å². The van der Waals surface area contributed by atoms with Gasteiger partial charge in [-0.15, -0.1) is 0 Å². The summed E-state index contributed by atoms with van der Waals surface area (Å²) in [6, 6.07) is 0.177. The molecule has 0 bridgehead atoms. The lowest BCUT2D eigenvalue weighted by Crippen LogP contribution is -2.20. The molecule has 1 unspecified atom stereocenters. The predicted molar refractivity (Wildman–Crippen MR) is 63.6 cm³/mol. The fourth-order valence-corrected chi connectivity index (χ4v) is 1.00. The van der Waals surface area contributed by atoms with Gasteiger partial charge in [-0.2, -0.15) is 15.0 Å². The SMILES string of the molecule is CC(O)CNc1nc(NN)nc(OC(C)C)n1. The zero-order valence-electron chi connectivity index (χ0n) is 10.1. The summed E-state index contributed by atoms with van der Waals surface area (Å²) in [6.45, 7) is 5.71. The van der Waals surface area contributed by atoms with E-state index in [1.54, 1.807) is 6.92 Å². The number of hydrogen-bond acceptors (Lipinski definition) is 8. The molecule has 0 aliphatic rings. The van der Waals surface area contributed by atoms with Crippen molar-refractivity contribution in [1.29, 1.82) is 0 Å². The van der Waals surface area contributed by atoms with E-state index < -0.39 is 6.10 Å². The summed E-state index contributed by atoms with van der Waals surface area (Å²) < 4.78 is 5.34. The molecule has 0 fully saturated rings. The number of nitrogens with one attached hydrogen (secondary N) is 2. The third kappa shape index (κ3) is 4.79. The molecule has 1 aromatic heterocycles. The number of aliphatic hydroxyl groups is 1. The highest BCUT2D eigenvalue weighted by atomic mass is 16.5. The molecular weight excluding hydrogens is 224 g/mol. The van der Waals surface area contributed by atoms with Gasteiger partial charge in [0.05, 0.1) is 12.2 Å². The van der Waals surface area contributed by atoms with E-state index >= 15 is 0 Å². The minimum Gasteiger partial charge on any atom is -0.461 e. The lowest BCUT2D eigenvalue weighted by Gasteiger charge is -2.11. The first-order valence-corrected chi connectivity index (χ1v) is 5.32. The highest BCUT2D eigenvalue weighted by molar-refractivity contribution is 5.34. The van der Waals surface area contributed by atoms with Crippen LogP contribution in [0.1, 0.15) is 20.8 Å². The average Bonchev–Trinajstić information content (AvgIpc) is 2.25. The van der Waals surface area contributed by atoms with Gasteiger partial charge in [0.1, 0.15) is 0 Å². The van der Waals surface area contributed by atoms with Crippen LogP contribution in [0.25, 0.3) is 0 Å². The van der Waals surface area contributed by atoms with Gasteiger partial charge in [-0.05, 0) is 20.8 Å². The van der Waals surface area contributed by atoms with Crippen molar-refractivity contribution in [2.75, 3.05) is 17.3 Å². The van der Waals surface area contributed by atoms with E-state index in [0.717, 1.165) is 0 Å². The topological polar surface area (TPSA) is 118 Å². The van der Waals surface area contributed by atoms with Crippen molar-refractivity contribution in [1.82, 2.24) is 15.0 Å².